The van der Waals surface area contributed by atoms with E-state index < -0.39 is 0 Å². The van der Waals surface area contributed by atoms with Crippen molar-refractivity contribution in [1.29, 1.82) is 0 Å². The van der Waals surface area contributed by atoms with Gasteiger partial charge in [-0.25, -0.2) is 0 Å². The molecule has 0 aliphatic carbocycles. The summed E-state index contributed by atoms with van der Waals surface area (Å²) in [7, 11) is 0. The number of carbonyl (C=O) groups is 1. The largest absolute Gasteiger partial charge is 0.443 e. The molecular weight excluding hydrogens is 372 g/mol. The number of amides is 1. The summed E-state index contributed by atoms with van der Waals surface area (Å²) >= 11 is 0. The van der Waals surface area contributed by atoms with Gasteiger partial charge in [0, 0.05) is 25.2 Å². The first kappa shape index (κ1) is 20.0. The molecule has 0 atom stereocenters. The van der Waals surface area contributed by atoms with Gasteiger partial charge in [-0.15, -0.1) is 0 Å². The molecule has 1 aromatic heterocycles. The van der Waals surface area contributed by atoms with Crippen molar-refractivity contribution >= 4 is 5.91 Å². The first-order valence-electron chi connectivity index (χ1n) is 10.4. The highest BCUT2D eigenvalue weighted by Gasteiger charge is 2.26. The zero-order chi connectivity index (χ0) is 20.9. The fourth-order valence-electron chi connectivity index (χ4n) is 3.91. The van der Waals surface area contributed by atoms with Crippen LogP contribution in [0.4, 0.5) is 0 Å². The van der Waals surface area contributed by atoms with Crippen LogP contribution in [0.2, 0.25) is 0 Å². The Bertz CT molecular complexity index is 1100. The van der Waals surface area contributed by atoms with E-state index in [1.165, 1.54) is 5.56 Å². The lowest BCUT2D eigenvalue weighted by atomic mass is 9.88. The molecule has 2 aromatic carbocycles. The maximum Gasteiger partial charge on any atom is 0.289 e. The summed E-state index contributed by atoms with van der Waals surface area (Å²) in [4.78, 5) is 14.7. The minimum absolute atomic E-state index is 0.0619. The number of nitrogens with zero attached hydrogens (tertiary/aromatic N) is 1. The van der Waals surface area contributed by atoms with Gasteiger partial charge in [-0.1, -0.05) is 48.4 Å². The van der Waals surface area contributed by atoms with Gasteiger partial charge in [0.2, 0.25) is 0 Å². The van der Waals surface area contributed by atoms with E-state index in [1.54, 1.807) is 12.1 Å². The van der Waals surface area contributed by atoms with Crippen LogP contribution < -0.4 is 5.73 Å². The van der Waals surface area contributed by atoms with Crippen molar-refractivity contribution in [2.45, 2.75) is 32.2 Å². The van der Waals surface area contributed by atoms with Gasteiger partial charge in [0.05, 0.1) is 0 Å². The summed E-state index contributed by atoms with van der Waals surface area (Å²) in [5.74, 6) is 7.41. The van der Waals surface area contributed by atoms with Crippen molar-refractivity contribution in [1.82, 2.24) is 4.90 Å². The quantitative estimate of drug-likeness (QED) is 0.663. The maximum absolute atomic E-state index is 12.9. The summed E-state index contributed by atoms with van der Waals surface area (Å²) in [6.07, 6.45) is 1.89. The standard InChI is InChI=1S/C26H26N2O2/c1-19-5-2-3-7-21(19)9-10-24-11-12-25(30-24)26(29)28-15-13-22(14-16-28)23-8-4-6-20(17-23)18-27/h2-8,11-12,17,22H,13-16,18,27H2,1H3. The van der Waals surface area contributed by atoms with Gasteiger partial charge in [0.15, 0.2) is 11.5 Å². The second-order valence-electron chi connectivity index (χ2n) is 7.74. The number of likely N-dealkylation sites (tertiary alicyclic amines) is 1. The molecule has 4 rings (SSSR count). The molecule has 152 valence electrons. The van der Waals surface area contributed by atoms with Crippen molar-refractivity contribution < 1.29 is 9.21 Å². The molecule has 1 aliphatic rings. The van der Waals surface area contributed by atoms with Gasteiger partial charge in [-0.2, -0.15) is 0 Å². The zero-order valence-corrected chi connectivity index (χ0v) is 17.2. The minimum atomic E-state index is -0.0619. The second kappa shape index (κ2) is 9.02. The molecule has 3 aromatic rings. The summed E-state index contributed by atoms with van der Waals surface area (Å²) in [6, 6.07) is 19.9. The minimum Gasteiger partial charge on any atom is -0.443 e. The number of piperidine rings is 1. The molecule has 0 unspecified atom stereocenters. The smallest absolute Gasteiger partial charge is 0.289 e. The first-order chi connectivity index (χ1) is 14.6. The van der Waals surface area contributed by atoms with Crippen LogP contribution in [0.25, 0.3) is 0 Å². The maximum atomic E-state index is 12.9. The van der Waals surface area contributed by atoms with Crippen molar-refractivity contribution in [3.8, 4) is 11.8 Å². The Morgan fingerprint density at radius 3 is 2.63 bits per heavy atom. The van der Waals surface area contributed by atoms with Crippen molar-refractivity contribution in [3.05, 3.63) is 94.4 Å². The number of hydrogen-bond acceptors (Lipinski definition) is 3. The van der Waals surface area contributed by atoms with Crippen LogP contribution in [-0.2, 0) is 6.54 Å². The molecule has 2 heterocycles. The van der Waals surface area contributed by atoms with E-state index in [4.69, 9.17) is 10.2 Å². The third-order valence-corrected chi connectivity index (χ3v) is 5.72. The van der Waals surface area contributed by atoms with Crippen molar-refractivity contribution in [3.63, 3.8) is 0 Å². The SMILES string of the molecule is Cc1ccccc1C#Cc1ccc(C(=O)N2CCC(c3cccc(CN)c3)CC2)o1. The summed E-state index contributed by atoms with van der Waals surface area (Å²) in [5.41, 5.74) is 10.3. The molecule has 1 fully saturated rings. The predicted molar refractivity (Wildman–Crippen MR) is 118 cm³/mol. The van der Waals surface area contributed by atoms with Crippen LogP contribution in [-0.4, -0.2) is 23.9 Å². The highest BCUT2D eigenvalue weighted by molar-refractivity contribution is 5.91. The van der Waals surface area contributed by atoms with Crippen LogP contribution in [0.1, 0.15) is 57.3 Å². The van der Waals surface area contributed by atoms with Gasteiger partial charge < -0.3 is 15.1 Å². The van der Waals surface area contributed by atoms with E-state index in [9.17, 15) is 4.79 Å². The molecule has 0 spiro atoms. The van der Waals surface area contributed by atoms with Gasteiger partial charge in [0.25, 0.3) is 5.91 Å². The first-order valence-corrected chi connectivity index (χ1v) is 10.4. The Morgan fingerprint density at radius 2 is 1.87 bits per heavy atom. The predicted octanol–water partition coefficient (Wildman–Crippen LogP) is 4.47. The number of aryl methyl sites for hydroxylation is 1. The Kier molecular flexibility index (Phi) is 6.02. The Labute approximate surface area is 177 Å². The molecule has 1 amide bonds. The molecule has 1 saturated heterocycles. The molecule has 4 nitrogen and oxygen atoms in total. The van der Waals surface area contributed by atoms with Crippen LogP contribution in [0.3, 0.4) is 0 Å². The number of rotatable bonds is 3. The molecule has 2 N–H and O–H groups in total. The topological polar surface area (TPSA) is 59.5 Å². The Balaban J connectivity index is 1.39. The number of benzene rings is 2. The monoisotopic (exact) mass is 398 g/mol. The average molecular weight is 399 g/mol. The molecule has 30 heavy (non-hydrogen) atoms. The van der Waals surface area contributed by atoms with Crippen molar-refractivity contribution in [2.75, 3.05) is 13.1 Å². The van der Waals surface area contributed by atoms with Gasteiger partial charge in [-0.3, -0.25) is 4.79 Å². The Morgan fingerprint density at radius 1 is 1.07 bits per heavy atom. The number of nitrogens with two attached hydrogens (primary N) is 1. The van der Waals surface area contributed by atoms with E-state index in [0.717, 1.165) is 42.6 Å². The average Bonchev–Trinajstić information content (AvgIpc) is 3.27. The van der Waals surface area contributed by atoms with Crippen LogP contribution in [0.15, 0.2) is 65.1 Å². The number of carbonyl (C=O) groups excluding carboxylic acids is 1. The fourth-order valence-corrected chi connectivity index (χ4v) is 3.91. The lowest BCUT2D eigenvalue weighted by Gasteiger charge is -2.31. The van der Waals surface area contributed by atoms with Crippen LogP contribution >= 0.6 is 0 Å². The van der Waals surface area contributed by atoms with Crippen LogP contribution in [0, 0.1) is 18.8 Å². The van der Waals surface area contributed by atoms with E-state index in [2.05, 4.69) is 36.1 Å². The van der Waals surface area contributed by atoms with Crippen molar-refractivity contribution in [2.24, 2.45) is 5.73 Å². The highest BCUT2D eigenvalue weighted by Crippen LogP contribution is 2.29. The molecule has 0 radical (unpaired) electrons. The zero-order valence-electron chi connectivity index (χ0n) is 17.2. The number of furan rings is 1. The third-order valence-electron chi connectivity index (χ3n) is 5.72. The van der Waals surface area contributed by atoms with E-state index in [1.807, 2.05) is 36.1 Å². The van der Waals surface area contributed by atoms with E-state index in [-0.39, 0.29) is 5.91 Å². The van der Waals surface area contributed by atoms with Gasteiger partial charge >= 0.3 is 0 Å². The second-order valence-corrected chi connectivity index (χ2v) is 7.74. The molecule has 0 bridgehead atoms. The lowest BCUT2D eigenvalue weighted by Crippen LogP contribution is -2.37. The van der Waals surface area contributed by atoms with Crippen LogP contribution in [0.5, 0.6) is 0 Å². The Hall–Kier alpha value is -3.29. The highest BCUT2D eigenvalue weighted by atomic mass is 16.3. The fraction of sp³-hybridized carbons (Fsp3) is 0.269. The summed E-state index contributed by atoms with van der Waals surface area (Å²) < 4.78 is 5.72. The lowest BCUT2D eigenvalue weighted by molar-refractivity contribution is 0.0680. The molecule has 0 saturated carbocycles. The number of hydrogen-bond donors (Lipinski definition) is 1. The molecule has 1 aliphatic heterocycles. The van der Waals surface area contributed by atoms with Gasteiger partial charge in [0.1, 0.15) is 0 Å². The normalized spacial score (nSPS) is 14.3. The molecular formula is C26H26N2O2. The summed E-state index contributed by atoms with van der Waals surface area (Å²) in [6.45, 7) is 4.03. The van der Waals surface area contributed by atoms with E-state index >= 15 is 0 Å². The van der Waals surface area contributed by atoms with E-state index in [0.29, 0.717) is 24.0 Å². The third kappa shape index (κ3) is 4.48. The molecule has 4 heteroatoms. The summed E-state index contributed by atoms with van der Waals surface area (Å²) in [5, 5.41) is 0. The van der Waals surface area contributed by atoms with Gasteiger partial charge in [-0.05, 0) is 66.5 Å².